The maximum atomic E-state index is 11.3. The van der Waals surface area contributed by atoms with E-state index in [0.717, 1.165) is 0 Å². The Morgan fingerprint density at radius 2 is 2.20 bits per heavy atom. The van der Waals surface area contributed by atoms with Gasteiger partial charge in [-0.1, -0.05) is 0 Å². The van der Waals surface area contributed by atoms with Gasteiger partial charge in [0.15, 0.2) is 0 Å². The van der Waals surface area contributed by atoms with Gasteiger partial charge in [-0.05, 0) is 6.07 Å². The van der Waals surface area contributed by atoms with Gasteiger partial charge in [-0.2, -0.15) is 5.10 Å². The molecule has 2 aromatic rings. The molecule has 0 saturated heterocycles. The van der Waals surface area contributed by atoms with Crippen molar-refractivity contribution in [2.24, 2.45) is 0 Å². The van der Waals surface area contributed by atoms with E-state index in [1.807, 2.05) is 0 Å². The molecule has 0 saturated carbocycles. The van der Waals surface area contributed by atoms with E-state index in [1.54, 1.807) is 16.9 Å². The number of nitrogens with two attached hydrogens (primary N) is 1. The van der Waals surface area contributed by atoms with Crippen molar-refractivity contribution in [1.82, 2.24) is 19.3 Å². The minimum absolute atomic E-state index is 0.0647. The summed E-state index contributed by atoms with van der Waals surface area (Å²) >= 11 is 0. The smallest absolute Gasteiger partial charge is 0.253 e. The van der Waals surface area contributed by atoms with Gasteiger partial charge in [-0.25, -0.2) is 4.98 Å². The van der Waals surface area contributed by atoms with Gasteiger partial charge < -0.3 is 5.73 Å². The normalized spacial score (nSPS) is 10.4. The average Bonchev–Trinajstić information content (AvgIpc) is 2.63. The highest BCUT2D eigenvalue weighted by atomic mass is 16.1. The van der Waals surface area contributed by atoms with Crippen molar-refractivity contribution in [1.29, 1.82) is 0 Å². The SMILES string of the molecule is Nc1ccn(CCn2cnccc2=O)n1. The number of nitrogen functional groups attached to an aromatic ring is 1. The molecular formula is C9H11N5O. The van der Waals surface area contributed by atoms with Crippen LogP contribution in [0.3, 0.4) is 0 Å². The minimum Gasteiger partial charge on any atom is -0.382 e. The lowest BCUT2D eigenvalue weighted by Crippen LogP contribution is -2.21. The third-order valence-electron chi connectivity index (χ3n) is 2.02. The van der Waals surface area contributed by atoms with Crippen molar-refractivity contribution >= 4 is 5.82 Å². The Kier molecular flexibility index (Phi) is 2.49. The standard InChI is InChI=1S/C9H11N5O/c10-8-2-4-14(12-8)6-5-13-7-11-3-1-9(13)15/h1-4,7H,5-6H2,(H2,10,12). The molecule has 2 N–H and O–H groups in total. The molecule has 0 radical (unpaired) electrons. The molecule has 15 heavy (non-hydrogen) atoms. The molecule has 0 aliphatic heterocycles. The summed E-state index contributed by atoms with van der Waals surface area (Å²) in [7, 11) is 0. The second-order valence-corrected chi connectivity index (χ2v) is 3.12. The van der Waals surface area contributed by atoms with Gasteiger partial charge in [0.05, 0.1) is 12.9 Å². The molecule has 0 atom stereocenters. The van der Waals surface area contributed by atoms with Crippen molar-refractivity contribution < 1.29 is 0 Å². The fourth-order valence-corrected chi connectivity index (χ4v) is 1.26. The lowest BCUT2D eigenvalue weighted by atomic mass is 10.5. The summed E-state index contributed by atoms with van der Waals surface area (Å²) in [6.07, 6.45) is 4.76. The first-order valence-corrected chi connectivity index (χ1v) is 4.55. The third kappa shape index (κ3) is 2.22. The van der Waals surface area contributed by atoms with E-state index in [-0.39, 0.29) is 5.56 Å². The molecule has 0 fully saturated rings. The lowest BCUT2D eigenvalue weighted by molar-refractivity contribution is 0.520. The van der Waals surface area contributed by atoms with E-state index in [1.165, 1.54) is 23.2 Å². The zero-order valence-corrected chi connectivity index (χ0v) is 8.08. The Morgan fingerprint density at radius 1 is 1.33 bits per heavy atom. The molecule has 6 heteroatoms. The molecule has 6 nitrogen and oxygen atoms in total. The summed E-state index contributed by atoms with van der Waals surface area (Å²) in [6.45, 7) is 1.14. The fourth-order valence-electron chi connectivity index (χ4n) is 1.26. The van der Waals surface area contributed by atoms with Crippen molar-refractivity contribution in [2.75, 3.05) is 5.73 Å². The number of rotatable bonds is 3. The van der Waals surface area contributed by atoms with Gasteiger partial charge in [-0.3, -0.25) is 14.0 Å². The summed E-state index contributed by atoms with van der Waals surface area (Å²) in [4.78, 5) is 15.2. The van der Waals surface area contributed by atoms with E-state index in [4.69, 9.17) is 5.73 Å². The molecule has 0 aromatic carbocycles. The predicted molar refractivity (Wildman–Crippen MR) is 55.1 cm³/mol. The fraction of sp³-hybridized carbons (Fsp3) is 0.222. The molecule has 0 amide bonds. The number of aryl methyl sites for hydroxylation is 2. The first-order chi connectivity index (χ1) is 7.25. The molecule has 0 bridgehead atoms. The zero-order chi connectivity index (χ0) is 10.7. The van der Waals surface area contributed by atoms with E-state index in [9.17, 15) is 4.79 Å². The number of hydrogen-bond donors (Lipinski definition) is 1. The van der Waals surface area contributed by atoms with Gasteiger partial charge >= 0.3 is 0 Å². The van der Waals surface area contributed by atoms with E-state index < -0.39 is 0 Å². The molecule has 2 aromatic heterocycles. The molecule has 2 rings (SSSR count). The van der Waals surface area contributed by atoms with Crippen LogP contribution in [0, 0.1) is 0 Å². The van der Waals surface area contributed by atoms with Crippen LogP contribution in [0.1, 0.15) is 0 Å². The number of nitrogens with zero attached hydrogens (tertiary/aromatic N) is 4. The molecule has 0 aliphatic rings. The van der Waals surface area contributed by atoms with Gasteiger partial charge in [0, 0.05) is 25.0 Å². The largest absolute Gasteiger partial charge is 0.382 e. The van der Waals surface area contributed by atoms with Gasteiger partial charge in [0.25, 0.3) is 5.56 Å². The van der Waals surface area contributed by atoms with Crippen LogP contribution in [-0.4, -0.2) is 19.3 Å². The Labute approximate surface area is 86.0 Å². The quantitative estimate of drug-likeness (QED) is 0.747. The monoisotopic (exact) mass is 205 g/mol. The minimum atomic E-state index is -0.0647. The third-order valence-corrected chi connectivity index (χ3v) is 2.02. The topological polar surface area (TPSA) is 78.7 Å². The first kappa shape index (κ1) is 9.45. The summed E-state index contributed by atoms with van der Waals surface area (Å²) in [5.74, 6) is 0.480. The summed E-state index contributed by atoms with van der Waals surface area (Å²) in [5.41, 5.74) is 5.40. The second-order valence-electron chi connectivity index (χ2n) is 3.12. The molecule has 0 spiro atoms. The van der Waals surface area contributed by atoms with Crippen molar-refractivity contribution in [3.63, 3.8) is 0 Å². The van der Waals surface area contributed by atoms with Crippen LogP contribution < -0.4 is 11.3 Å². The first-order valence-electron chi connectivity index (χ1n) is 4.55. The number of anilines is 1. The molecule has 2 heterocycles. The lowest BCUT2D eigenvalue weighted by Gasteiger charge is -2.03. The maximum Gasteiger partial charge on any atom is 0.253 e. The molecular weight excluding hydrogens is 194 g/mol. The van der Waals surface area contributed by atoms with E-state index >= 15 is 0 Å². The molecule has 0 aliphatic carbocycles. The Hall–Kier alpha value is -2.11. The van der Waals surface area contributed by atoms with Crippen LogP contribution in [0.2, 0.25) is 0 Å². The Morgan fingerprint density at radius 3 is 2.87 bits per heavy atom. The van der Waals surface area contributed by atoms with Crippen molar-refractivity contribution in [2.45, 2.75) is 13.1 Å². The van der Waals surface area contributed by atoms with Crippen LogP contribution in [0.4, 0.5) is 5.82 Å². The average molecular weight is 205 g/mol. The molecule has 0 unspecified atom stereocenters. The summed E-state index contributed by atoms with van der Waals surface area (Å²) in [5, 5.41) is 4.01. The van der Waals surface area contributed by atoms with Crippen molar-refractivity contribution in [3.05, 3.63) is 41.2 Å². The Bertz CT molecular complexity index is 501. The van der Waals surface area contributed by atoms with Crippen LogP contribution in [-0.2, 0) is 13.1 Å². The number of hydrogen-bond acceptors (Lipinski definition) is 4. The maximum absolute atomic E-state index is 11.3. The van der Waals surface area contributed by atoms with Crippen LogP contribution in [0.15, 0.2) is 35.6 Å². The highest BCUT2D eigenvalue weighted by Gasteiger charge is 1.97. The predicted octanol–water partition coefficient (Wildman–Crippen LogP) is -0.278. The van der Waals surface area contributed by atoms with Gasteiger partial charge in [0.2, 0.25) is 0 Å². The highest BCUT2D eigenvalue weighted by Crippen LogP contribution is 1.95. The second kappa shape index (κ2) is 3.95. The van der Waals surface area contributed by atoms with Crippen LogP contribution in [0.5, 0.6) is 0 Å². The van der Waals surface area contributed by atoms with Crippen LogP contribution in [0.25, 0.3) is 0 Å². The van der Waals surface area contributed by atoms with E-state index in [2.05, 4.69) is 10.1 Å². The van der Waals surface area contributed by atoms with Crippen LogP contribution >= 0.6 is 0 Å². The van der Waals surface area contributed by atoms with Gasteiger partial charge in [0.1, 0.15) is 5.82 Å². The highest BCUT2D eigenvalue weighted by molar-refractivity contribution is 5.23. The summed E-state index contributed by atoms with van der Waals surface area (Å²) in [6, 6.07) is 3.14. The zero-order valence-electron chi connectivity index (χ0n) is 8.08. The van der Waals surface area contributed by atoms with Crippen molar-refractivity contribution in [3.8, 4) is 0 Å². The Balaban J connectivity index is 2.05. The van der Waals surface area contributed by atoms with Gasteiger partial charge in [-0.15, -0.1) is 0 Å². The summed E-state index contributed by atoms with van der Waals surface area (Å²) < 4.78 is 3.21. The molecule has 78 valence electrons. The number of aromatic nitrogens is 4. The van der Waals surface area contributed by atoms with E-state index in [0.29, 0.717) is 18.9 Å².